The molecule has 0 spiro atoms. The number of anilines is 1. The van der Waals surface area contributed by atoms with E-state index < -0.39 is 10.7 Å². The molecule has 1 aliphatic rings. The van der Waals surface area contributed by atoms with Crippen molar-refractivity contribution >= 4 is 23.0 Å². The van der Waals surface area contributed by atoms with Crippen molar-refractivity contribution in [3.05, 3.63) is 33.1 Å². The molecule has 1 saturated heterocycles. The summed E-state index contributed by atoms with van der Waals surface area (Å²) in [4.78, 5) is 12.6. The Kier molecular flexibility index (Phi) is 4.77. The van der Waals surface area contributed by atoms with Crippen LogP contribution >= 0.6 is 11.6 Å². The zero-order valence-corrected chi connectivity index (χ0v) is 12.0. The maximum Gasteiger partial charge on any atom is 0.295 e. The van der Waals surface area contributed by atoms with Gasteiger partial charge in [0.25, 0.3) is 5.69 Å². The number of nitro groups is 1. The van der Waals surface area contributed by atoms with E-state index in [1.165, 1.54) is 12.5 Å². The molecular weight excluding hydrogens is 285 g/mol. The summed E-state index contributed by atoms with van der Waals surface area (Å²) in [6, 6.07) is 2.46. The van der Waals surface area contributed by atoms with Crippen LogP contribution in [0.5, 0.6) is 0 Å². The van der Waals surface area contributed by atoms with E-state index in [4.69, 9.17) is 11.6 Å². The first kappa shape index (κ1) is 15.0. The molecule has 1 unspecified atom stereocenters. The predicted octanol–water partition coefficient (Wildman–Crippen LogP) is 3.28. The third-order valence-corrected chi connectivity index (χ3v) is 3.97. The Hall–Kier alpha value is -1.40. The molecule has 1 fully saturated rings. The van der Waals surface area contributed by atoms with Crippen LogP contribution in [0.15, 0.2) is 12.1 Å². The van der Waals surface area contributed by atoms with Crippen molar-refractivity contribution in [2.45, 2.75) is 25.3 Å². The van der Waals surface area contributed by atoms with Crippen molar-refractivity contribution in [1.82, 2.24) is 4.90 Å². The highest BCUT2D eigenvalue weighted by molar-refractivity contribution is 6.31. The standard InChI is InChI=1S/C13H17ClFN3O2/c1-17-5-3-2-4-9(17)8-16-12-6-10(14)11(15)7-13(12)18(19)20/h6-7,9,16H,2-5,8H2,1H3. The lowest BCUT2D eigenvalue weighted by molar-refractivity contribution is -0.384. The number of hydrogen-bond donors (Lipinski definition) is 1. The Morgan fingerprint density at radius 3 is 2.95 bits per heavy atom. The molecule has 0 radical (unpaired) electrons. The van der Waals surface area contributed by atoms with Gasteiger partial charge in [-0.25, -0.2) is 4.39 Å². The van der Waals surface area contributed by atoms with Crippen molar-refractivity contribution in [3.63, 3.8) is 0 Å². The number of nitro benzene ring substituents is 1. The minimum atomic E-state index is -0.779. The van der Waals surface area contributed by atoms with Crippen LogP contribution in [0.25, 0.3) is 0 Å². The Labute approximate surface area is 121 Å². The average Bonchev–Trinajstić information content (AvgIpc) is 2.41. The van der Waals surface area contributed by atoms with Gasteiger partial charge in [-0.15, -0.1) is 0 Å². The summed E-state index contributed by atoms with van der Waals surface area (Å²) in [6.07, 6.45) is 3.38. The molecule has 0 aliphatic carbocycles. The summed E-state index contributed by atoms with van der Waals surface area (Å²) >= 11 is 5.69. The van der Waals surface area contributed by atoms with Crippen LogP contribution in [0.3, 0.4) is 0 Å². The Bertz CT molecular complexity index is 513. The summed E-state index contributed by atoms with van der Waals surface area (Å²) in [5.74, 6) is -0.779. The first-order valence-corrected chi connectivity index (χ1v) is 6.94. The highest BCUT2D eigenvalue weighted by Crippen LogP contribution is 2.30. The van der Waals surface area contributed by atoms with Gasteiger partial charge in [-0.05, 0) is 32.5 Å². The summed E-state index contributed by atoms with van der Waals surface area (Å²) in [5, 5.41) is 13.9. The van der Waals surface area contributed by atoms with Crippen LogP contribution in [0.2, 0.25) is 5.02 Å². The van der Waals surface area contributed by atoms with E-state index in [1.54, 1.807) is 0 Å². The van der Waals surface area contributed by atoms with Gasteiger partial charge in [0, 0.05) is 12.6 Å². The number of likely N-dealkylation sites (N-methyl/N-ethyl adjacent to an activating group) is 1. The van der Waals surface area contributed by atoms with Crippen LogP contribution in [0.4, 0.5) is 15.8 Å². The number of benzene rings is 1. The number of nitrogens with one attached hydrogen (secondary N) is 1. The van der Waals surface area contributed by atoms with Crippen molar-refractivity contribution in [2.75, 3.05) is 25.5 Å². The van der Waals surface area contributed by atoms with Crippen molar-refractivity contribution in [3.8, 4) is 0 Å². The average molecular weight is 302 g/mol. The number of hydrogen-bond acceptors (Lipinski definition) is 4. The number of nitrogens with zero attached hydrogens (tertiary/aromatic N) is 2. The van der Waals surface area contributed by atoms with Gasteiger partial charge in [0.15, 0.2) is 0 Å². The first-order chi connectivity index (χ1) is 9.49. The van der Waals surface area contributed by atoms with E-state index in [9.17, 15) is 14.5 Å². The smallest absolute Gasteiger partial charge is 0.295 e. The highest BCUT2D eigenvalue weighted by atomic mass is 35.5. The van der Waals surface area contributed by atoms with Gasteiger partial charge in [-0.1, -0.05) is 18.0 Å². The molecule has 1 aliphatic heterocycles. The van der Waals surface area contributed by atoms with Crippen LogP contribution in [0, 0.1) is 15.9 Å². The van der Waals surface area contributed by atoms with Crippen molar-refractivity contribution < 1.29 is 9.31 Å². The quantitative estimate of drug-likeness (QED) is 0.685. The second kappa shape index (κ2) is 6.37. The van der Waals surface area contributed by atoms with E-state index in [1.807, 2.05) is 7.05 Å². The van der Waals surface area contributed by atoms with Gasteiger partial charge in [-0.2, -0.15) is 0 Å². The summed E-state index contributed by atoms with van der Waals surface area (Å²) in [5.41, 5.74) is -0.0225. The van der Waals surface area contributed by atoms with Crippen LogP contribution in [0.1, 0.15) is 19.3 Å². The zero-order valence-electron chi connectivity index (χ0n) is 11.2. The van der Waals surface area contributed by atoms with E-state index in [2.05, 4.69) is 10.2 Å². The minimum absolute atomic E-state index is 0.116. The molecule has 1 N–H and O–H groups in total. The lowest BCUT2D eigenvalue weighted by atomic mass is 10.0. The third kappa shape index (κ3) is 3.37. The SMILES string of the molecule is CN1CCCCC1CNc1cc(Cl)c(F)cc1[N+](=O)[O-]. The van der Waals surface area contributed by atoms with Crippen LogP contribution in [-0.4, -0.2) is 36.0 Å². The molecule has 1 heterocycles. The fourth-order valence-corrected chi connectivity index (χ4v) is 2.62. The molecule has 1 aromatic carbocycles. The number of piperidine rings is 1. The molecule has 0 amide bonds. The molecule has 1 aromatic rings. The van der Waals surface area contributed by atoms with Gasteiger partial charge in [0.05, 0.1) is 16.0 Å². The van der Waals surface area contributed by atoms with Crippen molar-refractivity contribution in [1.29, 1.82) is 0 Å². The highest BCUT2D eigenvalue weighted by Gasteiger charge is 2.22. The molecule has 2 rings (SSSR count). The number of likely N-dealkylation sites (tertiary alicyclic amines) is 1. The maximum absolute atomic E-state index is 13.3. The molecule has 0 saturated carbocycles. The van der Waals surface area contributed by atoms with Gasteiger partial charge in [0.2, 0.25) is 0 Å². The third-order valence-electron chi connectivity index (χ3n) is 3.68. The summed E-state index contributed by atoms with van der Waals surface area (Å²) in [6.45, 7) is 1.61. The Morgan fingerprint density at radius 2 is 2.30 bits per heavy atom. The van der Waals surface area contributed by atoms with E-state index in [0.717, 1.165) is 25.5 Å². The van der Waals surface area contributed by atoms with Crippen molar-refractivity contribution in [2.24, 2.45) is 0 Å². The Balaban J connectivity index is 2.12. The van der Waals surface area contributed by atoms with Gasteiger partial charge in [0.1, 0.15) is 11.5 Å². The molecule has 1 atom stereocenters. The predicted molar refractivity (Wildman–Crippen MR) is 76.8 cm³/mol. The molecule has 0 aromatic heterocycles. The molecule has 5 nitrogen and oxygen atoms in total. The molecule has 110 valence electrons. The monoisotopic (exact) mass is 301 g/mol. The number of halogens is 2. The zero-order chi connectivity index (χ0) is 14.7. The summed E-state index contributed by atoms with van der Waals surface area (Å²) in [7, 11) is 2.04. The molecule has 20 heavy (non-hydrogen) atoms. The van der Waals surface area contributed by atoms with Crippen LogP contribution < -0.4 is 5.32 Å². The second-order valence-electron chi connectivity index (χ2n) is 5.05. The van der Waals surface area contributed by atoms with Gasteiger partial charge in [-0.3, -0.25) is 10.1 Å². The second-order valence-corrected chi connectivity index (χ2v) is 5.46. The van der Waals surface area contributed by atoms with E-state index in [0.29, 0.717) is 12.6 Å². The van der Waals surface area contributed by atoms with Gasteiger partial charge >= 0.3 is 0 Å². The molecule has 0 bridgehead atoms. The minimum Gasteiger partial charge on any atom is -0.378 e. The normalized spacial score (nSPS) is 19.9. The summed E-state index contributed by atoms with van der Waals surface area (Å²) < 4.78 is 13.3. The maximum atomic E-state index is 13.3. The molecular formula is C13H17ClFN3O2. The number of rotatable bonds is 4. The lowest BCUT2D eigenvalue weighted by Crippen LogP contribution is -2.40. The van der Waals surface area contributed by atoms with Crippen LogP contribution in [-0.2, 0) is 0 Å². The first-order valence-electron chi connectivity index (χ1n) is 6.56. The largest absolute Gasteiger partial charge is 0.378 e. The van der Waals surface area contributed by atoms with E-state index >= 15 is 0 Å². The molecule has 7 heteroatoms. The Morgan fingerprint density at radius 1 is 1.55 bits per heavy atom. The lowest BCUT2D eigenvalue weighted by Gasteiger charge is -2.32. The van der Waals surface area contributed by atoms with E-state index in [-0.39, 0.29) is 16.4 Å². The fourth-order valence-electron chi connectivity index (χ4n) is 2.46. The fraction of sp³-hybridized carbons (Fsp3) is 0.538. The topological polar surface area (TPSA) is 58.4 Å². The van der Waals surface area contributed by atoms with Gasteiger partial charge < -0.3 is 10.2 Å².